The van der Waals surface area contributed by atoms with Gasteiger partial charge in [0.2, 0.25) is 0 Å². The lowest BCUT2D eigenvalue weighted by Crippen LogP contribution is -2.12. The first kappa shape index (κ1) is 17.0. The Balaban J connectivity index is 1.59. The summed E-state index contributed by atoms with van der Waals surface area (Å²) in [4.78, 5) is 12.2. The summed E-state index contributed by atoms with van der Waals surface area (Å²) in [5.41, 5.74) is 3.00. The van der Waals surface area contributed by atoms with Gasteiger partial charge in [-0.1, -0.05) is 35.9 Å². The molecule has 0 saturated carbocycles. The zero-order valence-electron chi connectivity index (χ0n) is 13.3. The number of carbonyl (C=O) groups is 1. The molecule has 0 spiro atoms. The highest BCUT2D eigenvalue weighted by molar-refractivity contribution is 6.34. The van der Waals surface area contributed by atoms with E-state index in [-0.39, 0.29) is 11.7 Å². The fraction of sp³-hybridized carbons (Fsp3) is 0.0500. The molecule has 126 valence electrons. The fourth-order valence-electron chi connectivity index (χ4n) is 2.32. The highest BCUT2D eigenvalue weighted by Gasteiger charge is 2.09. The summed E-state index contributed by atoms with van der Waals surface area (Å²) < 4.78 is 12.9. The van der Waals surface area contributed by atoms with Crippen LogP contribution >= 0.6 is 11.6 Å². The second kappa shape index (κ2) is 7.81. The van der Waals surface area contributed by atoms with Gasteiger partial charge in [-0.05, 0) is 54.1 Å². The largest absolute Gasteiger partial charge is 0.381 e. The highest BCUT2D eigenvalue weighted by atomic mass is 35.5. The number of halogens is 2. The first-order valence-corrected chi connectivity index (χ1v) is 8.14. The zero-order chi connectivity index (χ0) is 17.6. The third-order valence-electron chi connectivity index (χ3n) is 3.67. The third kappa shape index (κ3) is 4.58. The van der Waals surface area contributed by atoms with Crippen LogP contribution in [0, 0.1) is 5.82 Å². The average molecular weight is 355 g/mol. The number of benzene rings is 3. The molecule has 0 aliphatic carbocycles. The van der Waals surface area contributed by atoms with Gasteiger partial charge in [-0.3, -0.25) is 4.79 Å². The molecular formula is C20H16ClFN2O. The number of amides is 1. The van der Waals surface area contributed by atoms with E-state index in [4.69, 9.17) is 11.6 Å². The summed E-state index contributed by atoms with van der Waals surface area (Å²) in [7, 11) is 0. The van der Waals surface area contributed by atoms with Crippen LogP contribution in [0.15, 0.2) is 72.8 Å². The first-order chi connectivity index (χ1) is 12.1. The van der Waals surface area contributed by atoms with E-state index in [1.165, 1.54) is 12.1 Å². The van der Waals surface area contributed by atoms with Gasteiger partial charge in [-0.2, -0.15) is 0 Å². The Morgan fingerprint density at radius 2 is 1.52 bits per heavy atom. The molecule has 0 aromatic heterocycles. The minimum atomic E-state index is -0.252. The Hall–Kier alpha value is -2.85. The van der Waals surface area contributed by atoms with Crippen LogP contribution in [0.2, 0.25) is 5.02 Å². The number of hydrogen-bond acceptors (Lipinski definition) is 2. The normalized spacial score (nSPS) is 10.3. The molecule has 3 aromatic carbocycles. The molecule has 0 radical (unpaired) electrons. The van der Waals surface area contributed by atoms with E-state index in [0.717, 1.165) is 11.3 Å². The molecule has 3 aromatic rings. The van der Waals surface area contributed by atoms with Gasteiger partial charge in [0.1, 0.15) is 5.82 Å². The van der Waals surface area contributed by atoms with Crippen molar-refractivity contribution in [1.82, 2.24) is 0 Å². The third-order valence-corrected chi connectivity index (χ3v) is 4.00. The zero-order valence-corrected chi connectivity index (χ0v) is 14.1. The van der Waals surface area contributed by atoms with Gasteiger partial charge in [0.25, 0.3) is 5.91 Å². The van der Waals surface area contributed by atoms with Crippen molar-refractivity contribution in [1.29, 1.82) is 0 Å². The lowest BCUT2D eigenvalue weighted by Gasteiger charge is -2.09. The molecule has 3 nitrogen and oxygen atoms in total. The van der Waals surface area contributed by atoms with E-state index < -0.39 is 0 Å². The van der Waals surface area contributed by atoms with E-state index in [1.807, 2.05) is 24.3 Å². The van der Waals surface area contributed by atoms with Crippen molar-refractivity contribution in [3.8, 4) is 0 Å². The maximum Gasteiger partial charge on any atom is 0.257 e. The Morgan fingerprint density at radius 1 is 0.880 bits per heavy atom. The van der Waals surface area contributed by atoms with Gasteiger partial charge >= 0.3 is 0 Å². The van der Waals surface area contributed by atoms with Crippen LogP contribution in [0.1, 0.15) is 15.9 Å². The van der Waals surface area contributed by atoms with Crippen LogP contribution in [0.4, 0.5) is 15.8 Å². The molecule has 0 bridgehead atoms. The van der Waals surface area contributed by atoms with E-state index in [0.29, 0.717) is 22.8 Å². The predicted octanol–water partition coefficient (Wildman–Crippen LogP) is 5.34. The molecule has 0 atom stereocenters. The maximum absolute atomic E-state index is 12.9. The summed E-state index contributed by atoms with van der Waals surface area (Å²) >= 11 is 6.03. The number of anilines is 2. The Labute approximate surface area is 150 Å². The Kier molecular flexibility index (Phi) is 5.31. The van der Waals surface area contributed by atoms with Gasteiger partial charge < -0.3 is 10.6 Å². The van der Waals surface area contributed by atoms with Crippen molar-refractivity contribution < 1.29 is 9.18 Å². The van der Waals surface area contributed by atoms with E-state index in [9.17, 15) is 9.18 Å². The molecule has 0 aliphatic heterocycles. The summed E-state index contributed by atoms with van der Waals surface area (Å²) in [5, 5.41) is 6.47. The van der Waals surface area contributed by atoms with Gasteiger partial charge in [0.15, 0.2) is 0 Å². The van der Waals surface area contributed by atoms with Crippen LogP contribution < -0.4 is 10.6 Å². The Morgan fingerprint density at radius 3 is 2.20 bits per heavy atom. The van der Waals surface area contributed by atoms with Crippen molar-refractivity contribution in [3.05, 3.63) is 94.8 Å². The van der Waals surface area contributed by atoms with Crippen molar-refractivity contribution in [2.45, 2.75) is 6.54 Å². The number of rotatable bonds is 5. The quantitative estimate of drug-likeness (QED) is 0.649. The standard InChI is InChI=1S/C20H16ClFN2O/c21-19-4-2-1-3-18(19)20(25)24-17-11-9-16(10-12-17)23-13-14-5-7-15(22)8-6-14/h1-12,23H,13H2,(H,24,25). The molecular weight excluding hydrogens is 339 g/mol. The molecule has 3 rings (SSSR count). The molecule has 2 N–H and O–H groups in total. The van der Waals surface area contributed by atoms with Crippen LogP contribution in [-0.4, -0.2) is 5.91 Å². The van der Waals surface area contributed by atoms with Crippen LogP contribution in [0.5, 0.6) is 0 Å². The SMILES string of the molecule is O=C(Nc1ccc(NCc2ccc(F)cc2)cc1)c1ccccc1Cl. The number of nitrogens with one attached hydrogen (secondary N) is 2. The lowest BCUT2D eigenvalue weighted by atomic mass is 10.2. The van der Waals surface area contributed by atoms with E-state index in [2.05, 4.69) is 10.6 Å². The molecule has 25 heavy (non-hydrogen) atoms. The van der Waals surface area contributed by atoms with E-state index >= 15 is 0 Å². The summed E-state index contributed by atoms with van der Waals surface area (Å²) in [6, 6.07) is 20.6. The fourth-order valence-corrected chi connectivity index (χ4v) is 2.54. The molecule has 1 amide bonds. The van der Waals surface area contributed by atoms with E-state index in [1.54, 1.807) is 36.4 Å². The minimum absolute atomic E-state index is 0.248. The summed E-state index contributed by atoms with van der Waals surface area (Å²) in [6.45, 7) is 0.589. The first-order valence-electron chi connectivity index (χ1n) is 7.76. The average Bonchev–Trinajstić information content (AvgIpc) is 2.63. The van der Waals surface area contributed by atoms with Crippen molar-refractivity contribution in [2.75, 3.05) is 10.6 Å². The lowest BCUT2D eigenvalue weighted by molar-refractivity contribution is 0.102. The number of hydrogen-bond donors (Lipinski definition) is 2. The van der Waals surface area contributed by atoms with Gasteiger partial charge in [0, 0.05) is 17.9 Å². The Bertz CT molecular complexity index is 864. The maximum atomic E-state index is 12.9. The van der Waals surface area contributed by atoms with Gasteiger partial charge in [-0.25, -0.2) is 4.39 Å². The predicted molar refractivity (Wildman–Crippen MR) is 99.6 cm³/mol. The molecule has 0 heterocycles. The van der Waals surface area contributed by atoms with Crippen molar-refractivity contribution in [2.24, 2.45) is 0 Å². The highest BCUT2D eigenvalue weighted by Crippen LogP contribution is 2.19. The minimum Gasteiger partial charge on any atom is -0.381 e. The monoisotopic (exact) mass is 354 g/mol. The van der Waals surface area contributed by atoms with Crippen molar-refractivity contribution in [3.63, 3.8) is 0 Å². The van der Waals surface area contributed by atoms with Crippen LogP contribution in [0.25, 0.3) is 0 Å². The smallest absolute Gasteiger partial charge is 0.257 e. The van der Waals surface area contributed by atoms with Crippen LogP contribution in [0.3, 0.4) is 0 Å². The second-order valence-electron chi connectivity index (χ2n) is 5.49. The summed E-state index contributed by atoms with van der Waals surface area (Å²) in [5.74, 6) is -0.500. The topological polar surface area (TPSA) is 41.1 Å². The second-order valence-corrected chi connectivity index (χ2v) is 5.90. The summed E-state index contributed by atoms with van der Waals surface area (Å²) in [6.07, 6.45) is 0. The van der Waals surface area contributed by atoms with Crippen LogP contribution in [-0.2, 0) is 6.54 Å². The molecule has 0 saturated heterocycles. The van der Waals surface area contributed by atoms with Gasteiger partial charge in [-0.15, -0.1) is 0 Å². The van der Waals surface area contributed by atoms with Gasteiger partial charge in [0.05, 0.1) is 10.6 Å². The number of carbonyl (C=O) groups excluding carboxylic acids is 1. The molecule has 0 aliphatic rings. The molecule has 0 fully saturated rings. The molecule has 5 heteroatoms. The van der Waals surface area contributed by atoms with Crippen molar-refractivity contribution >= 4 is 28.9 Å². The molecule has 0 unspecified atom stereocenters.